The predicted octanol–water partition coefficient (Wildman–Crippen LogP) is 2.37. The van der Waals surface area contributed by atoms with E-state index in [2.05, 4.69) is 21.7 Å². The third kappa shape index (κ3) is 3.13. The van der Waals surface area contributed by atoms with Crippen LogP contribution in [-0.4, -0.2) is 14.7 Å². The third-order valence-electron chi connectivity index (χ3n) is 2.70. The van der Waals surface area contributed by atoms with Crippen LogP contribution in [-0.2, 0) is 12.3 Å². The molecular weight excluding hydrogens is 244 g/mol. The highest BCUT2D eigenvalue weighted by molar-refractivity contribution is 8.13. The quantitative estimate of drug-likeness (QED) is 0.655. The highest BCUT2D eigenvalue weighted by atomic mass is 32.2. The summed E-state index contributed by atoms with van der Waals surface area (Å²) in [6.45, 7) is 2.80. The number of hydrogen-bond donors (Lipinski definition) is 2. The van der Waals surface area contributed by atoms with Gasteiger partial charge in [-0.2, -0.15) is 0 Å². The second-order valence-corrected chi connectivity index (χ2v) is 5.04. The minimum absolute atomic E-state index is 0.139. The van der Waals surface area contributed by atoms with Crippen LogP contribution in [0.15, 0.2) is 36.5 Å². The van der Waals surface area contributed by atoms with Crippen LogP contribution >= 0.6 is 11.8 Å². The molecule has 3 N–H and O–H groups in total. The molecule has 5 heteroatoms. The Hall–Kier alpha value is -1.75. The van der Waals surface area contributed by atoms with E-state index in [9.17, 15) is 0 Å². The molecule has 0 amide bonds. The van der Waals surface area contributed by atoms with Crippen molar-refractivity contribution in [3.8, 4) is 0 Å². The van der Waals surface area contributed by atoms with Crippen LogP contribution in [0.25, 0.3) is 0 Å². The van der Waals surface area contributed by atoms with E-state index in [4.69, 9.17) is 11.1 Å². The number of hydrogen-bond acceptors (Lipinski definition) is 3. The highest BCUT2D eigenvalue weighted by Crippen LogP contribution is 2.15. The Morgan fingerprint density at radius 3 is 2.78 bits per heavy atom. The average Bonchev–Trinajstić information content (AvgIpc) is 2.70. The van der Waals surface area contributed by atoms with Crippen molar-refractivity contribution in [2.24, 2.45) is 5.73 Å². The van der Waals surface area contributed by atoms with Gasteiger partial charge >= 0.3 is 0 Å². The zero-order valence-corrected chi connectivity index (χ0v) is 11.1. The normalized spacial score (nSPS) is 10.5. The van der Waals surface area contributed by atoms with Crippen molar-refractivity contribution in [1.29, 1.82) is 5.41 Å². The topological polar surface area (TPSA) is 67.7 Å². The lowest BCUT2D eigenvalue weighted by atomic mass is 10.2. The average molecular weight is 260 g/mol. The Labute approximate surface area is 111 Å². The molecule has 0 fully saturated rings. The molecular formula is C13H16N4S. The summed E-state index contributed by atoms with van der Waals surface area (Å²) in [5.41, 5.74) is 7.70. The van der Waals surface area contributed by atoms with Crippen LogP contribution in [0.5, 0.6) is 0 Å². The first kappa shape index (κ1) is 12.7. The predicted molar refractivity (Wildman–Crippen MR) is 75.7 cm³/mol. The Bertz CT molecular complexity index is 533. The van der Waals surface area contributed by atoms with Crippen LogP contribution in [0.1, 0.15) is 17.1 Å². The summed E-state index contributed by atoms with van der Waals surface area (Å²) < 4.78 is 2.16. The summed E-state index contributed by atoms with van der Waals surface area (Å²) in [6, 6.07) is 10.3. The van der Waals surface area contributed by atoms with Gasteiger partial charge in [-0.25, -0.2) is 4.98 Å². The van der Waals surface area contributed by atoms with Crippen molar-refractivity contribution in [2.75, 3.05) is 0 Å². The van der Waals surface area contributed by atoms with Crippen LogP contribution in [0.2, 0.25) is 0 Å². The fourth-order valence-electron chi connectivity index (χ4n) is 1.76. The number of aromatic nitrogens is 2. The van der Waals surface area contributed by atoms with Gasteiger partial charge in [0.15, 0.2) is 5.17 Å². The molecule has 0 bridgehead atoms. The van der Waals surface area contributed by atoms with E-state index < -0.39 is 0 Å². The monoisotopic (exact) mass is 260 g/mol. The molecule has 0 radical (unpaired) electrons. The maximum absolute atomic E-state index is 7.25. The van der Waals surface area contributed by atoms with E-state index in [1.165, 1.54) is 17.3 Å². The molecule has 0 aliphatic heterocycles. The van der Waals surface area contributed by atoms with E-state index in [-0.39, 0.29) is 5.17 Å². The third-order valence-corrected chi connectivity index (χ3v) is 3.45. The molecule has 0 saturated carbocycles. The van der Waals surface area contributed by atoms with E-state index in [0.717, 1.165) is 18.1 Å². The number of imidazole rings is 1. The summed E-state index contributed by atoms with van der Waals surface area (Å²) in [7, 11) is 0. The van der Waals surface area contributed by atoms with Gasteiger partial charge in [-0.1, -0.05) is 42.1 Å². The van der Waals surface area contributed by atoms with Crippen molar-refractivity contribution >= 4 is 16.9 Å². The summed E-state index contributed by atoms with van der Waals surface area (Å²) in [5.74, 6) is 1.67. The van der Waals surface area contributed by atoms with Gasteiger partial charge in [0.2, 0.25) is 0 Å². The minimum atomic E-state index is 0.139. The first-order valence-electron chi connectivity index (χ1n) is 5.68. The molecule has 1 heterocycles. The first-order valence-corrected chi connectivity index (χ1v) is 6.67. The Morgan fingerprint density at radius 2 is 2.11 bits per heavy atom. The minimum Gasteiger partial charge on any atom is -0.379 e. The maximum Gasteiger partial charge on any atom is 0.151 e. The van der Waals surface area contributed by atoms with Gasteiger partial charge in [-0.15, -0.1) is 0 Å². The highest BCUT2D eigenvalue weighted by Gasteiger charge is 2.07. The number of rotatable bonds is 4. The molecule has 4 nitrogen and oxygen atoms in total. The zero-order chi connectivity index (χ0) is 13.0. The number of nitrogens with zero attached hydrogens (tertiary/aromatic N) is 2. The molecule has 0 saturated heterocycles. The van der Waals surface area contributed by atoms with Crippen molar-refractivity contribution < 1.29 is 0 Å². The Balaban J connectivity index is 2.16. The number of benzene rings is 1. The molecule has 0 aliphatic carbocycles. The Morgan fingerprint density at radius 1 is 1.39 bits per heavy atom. The maximum atomic E-state index is 7.25. The molecule has 0 aliphatic rings. The first-order chi connectivity index (χ1) is 8.66. The van der Waals surface area contributed by atoms with Crippen molar-refractivity contribution in [3.05, 3.63) is 53.6 Å². The van der Waals surface area contributed by atoms with Crippen LogP contribution in [0.4, 0.5) is 0 Å². The van der Waals surface area contributed by atoms with Gasteiger partial charge < -0.3 is 10.3 Å². The molecule has 1 aromatic heterocycles. The van der Waals surface area contributed by atoms with Gasteiger partial charge in [0.05, 0.1) is 0 Å². The van der Waals surface area contributed by atoms with Crippen molar-refractivity contribution in [3.63, 3.8) is 0 Å². The van der Waals surface area contributed by atoms with E-state index in [0.29, 0.717) is 5.75 Å². The molecule has 94 valence electrons. The molecule has 1 aromatic carbocycles. The van der Waals surface area contributed by atoms with E-state index in [1.54, 1.807) is 0 Å². The molecule has 0 spiro atoms. The fraction of sp³-hybridized carbons (Fsp3) is 0.231. The van der Waals surface area contributed by atoms with Crippen LogP contribution in [0.3, 0.4) is 0 Å². The molecule has 0 atom stereocenters. The summed E-state index contributed by atoms with van der Waals surface area (Å²) in [4.78, 5) is 4.33. The molecule has 18 heavy (non-hydrogen) atoms. The lowest BCUT2D eigenvalue weighted by Gasteiger charge is -2.10. The smallest absolute Gasteiger partial charge is 0.151 e. The van der Waals surface area contributed by atoms with E-state index in [1.807, 2.05) is 31.3 Å². The lowest BCUT2D eigenvalue weighted by Crippen LogP contribution is -2.08. The summed E-state index contributed by atoms with van der Waals surface area (Å²) in [5, 5.41) is 7.39. The second-order valence-electron chi connectivity index (χ2n) is 4.02. The van der Waals surface area contributed by atoms with Crippen molar-refractivity contribution in [1.82, 2.24) is 9.55 Å². The largest absolute Gasteiger partial charge is 0.379 e. The fourth-order valence-corrected chi connectivity index (χ4v) is 2.30. The number of nitrogens with one attached hydrogen (secondary N) is 1. The molecule has 2 aromatic rings. The van der Waals surface area contributed by atoms with Gasteiger partial charge in [0.1, 0.15) is 5.82 Å². The van der Waals surface area contributed by atoms with Gasteiger partial charge in [0.25, 0.3) is 0 Å². The van der Waals surface area contributed by atoms with E-state index >= 15 is 0 Å². The SMILES string of the molecule is Cc1ncc(CSC(=N)N)n1Cc1ccccc1. The number of nitrogens with two attached hydrogens (primary N) is 1. The van der Waals surface area contributed by atoms with Gasteiger partial charge in [0, 0.05) is 24.2 Å². The van der Waals surface area contributed by atoms with Gasteiger partial charge in [-0.3, -0.25) is 5.41 Å². The standard InChI is InChI=1S/C13H16N4S/c1-10-16-7-12(9-18-13(14)15)17(10)8-11-5-3-2-4-6-11/h2-7H,8-9H2,1H3,(H3,14,15). The number of amidine groups is 1. The number of thioether (sulfide) groups is 1. The molecule has 2 rings (SSSR count). The Kier molecular flexibility index (Phi) is 4.04. The molecule has 0 unspecified atom stereocenters. The number of aryl methyl sites for hydroxylation is 1. The summed E-state index contributed by atoms with van der Waals surface area (Å²) >= 11 is 1.32. The summed E-state index contributed by atoms with van der Waals surface area (Å²) in [6.07, 6.45) is 1.86. The zero-order valence-electron chi connectivity index (χ0n) is 10.3. The lowest BCUT2D eigenvalue weighted by molar-refractivity contribution is 0.735. The van der Waals surface area contributed by atoms with Crippen LogP contribution in [0, 0.1) is 12.3 Å². The van der Waals surface area contributed by atoms with Crippen LogP contribution < -0.4 is 5.73 Å². The second kappa shape index (κ2) is 5.73. The van der Waals surface area contributed by atoms with Crippen molar-refractivity contribution in [2.45, 2.75) is 19.2 Å². The van der Waals surface area contributed by atoms with Gasteiger partial charge in [-0.05, 0) is 12.5 Å².